The molecule has 0 spiro atoms. The van der Waals surface area contributed by atoms with Gasteiger partial charge in [-0.05, 0) is 47.9 Å². The van der Waals surface area contributed by atoms with Crippen LogP contribution in [0.25, 0.3) is 0 Å². The maximum absolute atomic E-state index is 13.2. The summed E-state index contributed by atoms with van der Waals surface area (Å²) in [6.07, 6.45) is -0.948. The van der Waals surface area contributed by atoms with Crippen molar-refractivity contribution in [3.63, 3.8) is 0 Å². The molecule has 2 aromatic rings. The Kier molecular flexibility index (Phi) is 3.91. The van der Waals surface area contributed by atoms with E-state index in [1.54, 1.807) is 12.1 Å². The molecule has 0 aliphatic heterocycles. The minimum absolute atomic E-state index is 0.252. The second kappa shape index (κ2) is 5.27. The van der Waals surface area contributed by atoms with Gasteiger partial charge in [0.15, 0.2) is 0 Å². The zero-order valence-corrected chi connectivity index (χ0v) is 11.1. The number of hydrogen-bond acceptors (Lipinski definition) is 1. The third-order valence-electron chi connectivity index (χ3n) is 2.71. The molecule has 1 atom stereocenters. The lowest BCUT2D eigenvalue weighted by Gasteiger charge is -2.13. The smallest absolute Gasteiger partial charge is 0.125 e. The van der Waals surface area contributed by atoms with Gasteiger partial charge in [-0.3, -0.25) is 0 Å². The van der Waals surface area contributed by atoms with Crippen LogP contribution in [0, 0.1) is 12.7 Å². The van der Waals surface area contributed by atoms with Crippen LogP contribution in [0.5, 0.6) is 0 Å². The van der Waals surface area contributed by atoms with Gasteiger partial charge in [-0.1, -0.05) is 35.3 Å². The van der Waals surface area contributed by atoms with Crippen LogP contribution in [0.15, 0.2) is 36.4 Å². The summed E-state index contributed by atoms with van der Waals surface area (Å²) in [7, 11) is 0. The van der Waals surface area contributed by atoms with Crippen molar-refractivity contribution in [3.05, 3.63) is 69.0 Å². The van der Waals surface area contributed by atoms with E-state index in [1.807, 2.05) is 13.0 Å². The highest BCUT2D eigenvalue weighted by Crippen LogP contribution is 2.28. The molecular weight excluding hydrogens is 274 g/mol. The van der Waals surface area contributed by atoms with Gasteiger partial charge in [-0.2, -0.15) is 0 Å². The quantitative estimate of drug-likeness (QED) is 0.860. The second-order valence-corrected chi connectivity index (χ2v) is 4.96. The number of aryl methyl sites for hydroxylation is 1. The van der Waals surface area contributed by atoms with Crippen LogP contribution < -0.4 is 0 Å². The van der Waals surface area contributed by atoms with Gasteiger partial charge >= 0.3 is 0 Å². The Morgan fingerprint density at radius 2 is 1.78 bits per heavy atom. The lowest BCUT2D eigenvalue weighted by molar-refractivity contribution is 0.220. The summed E-state index contributed by atoms with van der Waals surface area (Å²) < 4.78 is 13.2. The summed E-state index contributed by atoms with van der Waals surface area (Å²) in [6.45, 7) is 1.87. The first-order valence-corrected chi connectivity index (χ1v) is 6.13. The molecule has 2 rings (SSSR count). The van der Waals surface area contributed by atoms with Crippen molar-refractivity contribution in [3.8, 4) is 0 Å². The SMILES string of the molecule is Cc1ccc(C(O)c2cc(F)cc(Cl)c2)cc1Cl. The maximum Gasteiger partial charge on any atom is 0.125 e. The number of aliphatic hydroxyl groups excluding tert-OH is 1. The molecule has 0 aliphatic rings. The molecule has 0 aliphatic carbocycles. The average molecular weight is 285 g/mol. The summed E-state index contributed by atoms with van der Waals surface area (Å²) in [4.78, 5) is 0. The van der Waals surface area contributed by atoms with Gasteiger partial charge in [-0.25, -0.2) is 4.39 Å². The van der Waals surface area contributed by atoms with E-state index in [0.717, 1.165) is 5.56 Å². The Hall–Kier alpha value is -1.09. The lowest BCUT2D eigenvalue weighted by atomic mass is 10.0. The first-order chi connectivity index (χ1) is 8.47. The van der Waals surface area contributed by atoms with E-state index >= 15 is 0 Å². The molecule has 18 heavy (non-hydrogen) atoms. The molecule has 94 valence electrons. The van der Waals surface area contributed by atoms with Crippen LogP contribution in [0.2, 0.25) is 10.0 Å². The van der Waals surface area contributed by atoms with E-state index in [-0.39, 0.29) is 5.02 Å². The Morgan fingerprint density at radius 1 is 1.06 bits per heavy atom. The fourth-order valence-electron chi connectivity index (χ4n) is 1.70. The van der Waals surface area contributed by atoms with E-state index < -0.39 is 11.9 Å². The summed E-state index contributed by atoms with van der Waals surface area (Å²) in [5.74, 6) is -0.477. The Labute approximate surface area is 115 Å². The van der Waals surface area contributed by atoms with E-state index in [0.29, 0.717) is 16.1 Å². The van der Waals surface area contributed by atoms with Crippen molar-refractivity contribution in [1.29, 1.82) is 0 Å². The zero-order chi connectivity index (χ0) is 13.3. The van der Waals surface area contributed by atoms with Crippen LogP contribution in [-0.2, 0) is 0 Å². The molecule has 0 bridgehead atoms. The van der Waals surface area contributed by atoms with Gasteiger partial charge in [0.2, 0.25) is 0 Å². The van der Waals surface area contributed by atoms with Gasteiger partial charge in [0.1, 0.15) is 11.9 Å². The van der Waals surface area contributed by atoms with Crippen molar-refractivity contribution >= 4 is 23.2 Å². The van der Waals surface area contributed by atoms with Crippen LogP contribution in [-0.4, -0.2) is 5.11 Å². The summed E-state index contributed by atoms with van der Waals surface area (Å²) in [6, 6.07) is 9.21. The Morgan fingerprint density at radius 3 is 2.39 bits per heavy atom. The fraction of sp³-hybridized carbons (Fsp3) is 0.143. The van der Waals surface area contributed by atoms with E-state index in [2.05, 4.69) is 0 Å². The molecule has 0 saturated heterocycles. The average Bonchev–Trinajstić information content (AvgIpc) is 2.30. The maximum atomic E-state index is 13.2. The van der Waals surface area contributed by atoms with Crippen LogP contribution in [0.1, 0.15) is 22.8 Å². The van der Waals surface area contributed by atoms with Gasteiger partial charge in [0, 0.05) is 10.0 Å². The molecule has 0 amide bonds. The molecule has 0 heterocycles. The Bertz CT molecular complexity index is 564. The van der Waals surface area contributed by atoms with Crippen LogP contribution in [0.3, 0.4) is 0 Å². The summed E-state index contributed by atoms with van der Waals surface area (Å²) in [5.41, 5.74) is 1.93. The molecule has 4 heteroatoms. The molecule has 0 aromatic heterocycles. The standard InChI is InChI=1S/C14H11Cl2FO/c1-8-2-3-9(6-13(8)16)14(18)10-4-11(15)7-12(17)5-10/h2-7,14,18H,1H3. The van der Waals surface area contributed by atoms with Gasteiger partial charge < -0.3 is 5.11 Å². The van der Waals surface area contributed by atoms with E-state index in [1.165, 1.54) is 18.2 Å². The van der Waals surface area contributed by atoms with Crippen molar-refractivity contribution in [1.82, 2.24) is 0 Å². The minimum atomic E-state index is -0.948. The zero-order valence-electron chi connectivity index (χ0n) is 9.62. The van der Waals surface area contributed by atoms with Gasteiger partial charge in [0.05, 0.1) is 0 Å². The monoisotopic (exact) mass is 284 g/mol. The van der Waals surface area contributed by atoms with Crippen LogP contribution in [0.4, 0.5) is 4.39 Å². The third kappa shape index (κ3) is 2.83. The molecular formula is C14H11Cl2FO. The normalized spacial score (nSPS) is 12.5. The minimum Gasteiger partial charge on any atom is -0.384 e. The molecule has 2 aromatic carbocycles. The summed E-state index contributed by atoms with van der Waals surface area (Å²) >= 11 is 11.8. The van der Waals surface area contributed by atoms with Crippen LogP contribution >= 0.6 is 23.2 Å². The van der Waals surface area contributed by atoms with Crippen molar-refractivity contribution in [2.24, 2.45) is 0 Å². The molecule has 0 saturated carbocycles. The molecule has 1 N–H and O–H groups in total. The first kappa shape index (κ1) is 13.3. The number of hydrogen-bond donors (Lipinski definition) is 1. The molecule has 0 fully saturated rings. The van der Waals surface area contributed by atoms with E-state index in [4.69, 9.17) is 23.2 Å². The highest BCUT2D eigenvalue weighted by molar-refractivity contribution is 6.31. The highest BCUT2D eigenvalue weighted by Gasteiger charge is 2.13. The predicted octanol–water partition coefficient (Wildman–Crippen LogP) is 4.52. The number of halogens is 3. The highest BCUT2D eigenvalue weighted by atomic mass is 35.5. The predicted molar refractivity (Wildman–Crippen MR) is 71.7 cm³/mol. The van der Waals surface area contributed by atoms with Gasteiger partial charge in [0.25, 0.3) is 0 Å². The first-order valence-electron chi connectivity index (χ1n) is 5.37. The largest absolute Gasteiger partial charge is 0.384 e. The van der Waals surface area contributed by atoms with Crippen molar-refractivity contribution < 1.29 is 9.50 Å². The molecule has 0 radical (unpaired) electrons. The summed E-state index contributed by atoms with van der Waals surface area (Å²) in [5, 5.41) is 11.0. The van der Waals surface area contributed by atoms with Gasteiger partial charge in [-0.15, -0.1) is 0 Å². The second-order valence-electron chi connectivity index (χ2n) is 4.11. The van der Waals surface area contributed by atoms with Crippen molar-refractivity contribution in [2.45, 2.75) is 13.0 Å². The number of aliphatic hydroxyl groups is 1. The Balaban J connectivity index is 2.40. The third-order valence-corrected chi connectivity index (χ3v) is 3.34. The number of benzene rings is 2. The number of rotatable bonds is 2. The van der Waals surface area contributed by atoms with E-state index in [9.17, 15) is 9.50 Å². The fourth-order valence-corrected chi connectivity index (χ4v) is 2.12. The lowest BCUT2D eigenvalue weighted by Crippen LogP contribution is -2.00. The van der Waals surface area contributed by atoms with Crippen molar-refractivity contribution in [2.75, 3.05) is 0 Å². The molecule has 1 nitrogen and oxygen atoms in total. The topological polar surface area (TPSA) is 20.2 Å². The molecule has 1 unspecified atom stereocenters.